The molecule has 1 aliphatic heterocycles. The zero-order valence-electron chi connectivity index (χ0n) is 15.8. The Morgan fingerprint density at radius 1 is 1.11 bits per heavy atom. The lowest BCUT2D eigenvalue weighted by Gasteiger charge is -2.20. The van der Waals surface area contributed by atoms with E-state index in [1.165, 1.54) is 5.56 Å². The summed E-state index contributed by atoms with van der Waals surface area (Å²) in [5, 5.41) is 1.11. The van der Waals surface area contributed by atoms with Gasteiger partial charge in [0.1, 0.15) is 5.75 Å². The number of ketones is 1. The number of carbonyl (C=O) groups excluding carboxylic acids is 1. The summed E-state index contributed by atoms with van der Waals surface area (Å²) in [4.78, 5) is 18.8. The van der Waals surface area contributed by atoms with Crippen LogP contribution in [0.3, 0.4) is 0 Å². The molecule has 1 aromatic heterocycles. The molecular weight excluding hydrogens is 336 g/mol. The van der Waals surface area contributed by atoms with Crippen molar-refractivity contribution in [2.75, 3.05) is 20.2 Å². The quantitative estimate of drug-likeness (QED) is 0.671. The highest BCUT2D eigenvalue weighted by Gasteiger charge is 2.25. The van der Waals surface area contributed by atoms with Crippen LogP contribution in [0, 0.1) is 5.92 Å². The number of rotatable bonds is 5. The topological polar surface area (TPSA) is 45.3 Å². The van der Waals surface area contributed by atoms with Crippen molar-refractivity contribution in [1.29, 1.82) is 0 Å². The third kappa shape index (κ3) is 4.06. The second-order valence-electron chi connectivity index (χ2n) is 7.39. The molecule has 4 nitrogen and oxygen atoms in total. The highest BCUT2D eigenvalue weighted by atomic mass is 16.5. The van der Waals surface area contributed by atoms with Gasteiger partial charge in [0.25, 0.3) is 0 Å². The predicted molar refractivity (Wildman–Crippen MR) is 108 cm³/mol. The van der Waals surface area contributed by atoms with Gasteiger partial charge >= 0.3 is 0 Å². The van der Waals surface area contributed by atoms with Crippen LogP contribution in [0.4, 0.5) is 0 Å². The smallest absolute Gasteiger partial charge is 0.182 e. The minimum Gasteiger partial charge on any atom is -0.497 e. The standard InChI is InChI=1S/C23H26N2O2/c1-27-20-9-4-6-17(14-20)16-25-12-5-8-18(11-13-25)23(26)22-15-19-7-2-3-10-21(19)24-22/h2-4,6-7,9-10,14-15,18,24H,5,8,11-13,16H2,1H3. The summed E-state index contributed by atoms with van der Waals surface area (Å²) in [6, 6.07) is 18.3. The van der Waals surface area contributed by atoms with Crippen LogP contribution >= 0.6 is 0 Å². The number of aromatic amines is 1. The number of fused-ring (bicyclic) bond motifs is 1. The predicted octanol–water partition coefficient (Wildman–Crippen LogP) is 4.66. The molecule has 0 aliphatic carbocycles. The van der Waals surface area contributed by atoms with Crippen LogP contribution in [-0.4, -0.2) is 35.9 Å². The molecule has 4 heteroatoms. The van der Waals surface area contributed by atoms with Gasteiger partial charge in [0, 0.05) is 23.4 Å². The highest BCUT2D eigenvalue weighted by molar-refractivity contribution is 6.00. The molecule has 1 atom stereocenters. The van der Waals surface area contributed by atoms with Crippen molar-refractivity contribution in [2.24, 2.45) is 5.92 Å². The van der Waals surface area contributed by atoms with E-state index in [4.69, 9.17) is 4.74 Å². The lowest BCUT2D eigenvalue weighted by Crippen LogP contribution is -2.25. The first-order valence-corrected chi connectivity index (χ1v) is 9.70. The monoisotopic (exact) mass is 362 g/mol. The van der Waals surface area contributed by atoms with Gasteiger partial charge in [-0.25, -0.2) is 0 Å². The van der Waals surface area contributed by atoms with Gasteiger partial charge in [-0.3, -0.25) is 9.69 Å². The molecule has 1 N–H and O–H groups in total. The van der Waals surface area contributed by atoms with Gasteiger partial charge in [-0.15, -0.1) is 0 Å². The Bertz CT molecular complexity index is 898. The molecule has 0 amide bonds. The van der Waals surface area contributed by atoms with Crippen LogP contribution < -0.4 is 4.74 Å². The Morgan fingerprint density at radius 2 is 2.00 bits per heavy atom. The van der Waals surface area contributed by atoms with E-state index in [1.807, 2.05) is 42.5 Å². The summed E-state index contributed by atoms with van der Waals surface area (Å²) >= 11 is 0. The molecule has 0 saturated carbocycles. The van der Waals surface area contributed by atoms with Crippen molar-refractivity contribution in [3.63, 3.8) is 0 Å². The number of para-hydroxylation sites is 1. The lowest BCUT2D eigenvalue weighted by atomic mass is 9.94. The Hall–Kier alpha value is -2.59. The van der Waals surface area contributed by atoms with E-state index >= 15 is 0 Å². The molecular formula is C23H26N2O2. The van der Waals surface area contributed by atoms with E-state index in [-0.39, 0.29) is 11.7 Å². The molecule has 2 heterocycles. The lowest BCUT2D eigenvalue weighted by molar-refractivity contribution is 0.0903. The number of carbonyl (C=O) groups is 1. The molecule has 1 saturated heterocycles. The number of likely N-dealkylation sites (tertiary alicyclic amines) is 1. The third-order valence-electron chi connectivity index (χ3n) is 5.53. The van der Waals surface area contributed by atoms with Gasteiger partial charge in [-0.2, -0.15) is 0 Å². The molecule has 27 heavy (non-hydrogen) atoms. The first-order valence-electron chi connectivity index (χ1n) is 9.70. The fourth-order valence-corrected chi connectivity index (χ4v) is 4.03. The van der Waals surface area contributed by atoms with Crippen LogP contribution in [-0.2, 0) is 6.54 Å². The molecule has 0 spiro atoms. The summed E-state index contributed by atoms with van der Waals surface area (Å²) in [5.41, 5.74) is 3.05. The number of H-pyrrole nitrogens is 1. The number of nitrogens with one attached hydrogen (secondary N) is 1. The van der Waals surface area contributed by atoms with Crippen LogP contribution in [0.15, 0.2) is 54.6 Å². The van der Waals surface area contributed by atoms with Gasteiger partial charge in [-0.1, -0.05) is 30.3 Å². The van der Waals surface area contributed by atoms with E-state index in [1.54, 1.807) is 7.11 Å². The first kappa shape index (κ1) is 17.8. The zero-order chi connectivity index (χ0) is 18.6. The second kappa shape index (κ2) is 7.97. The molecule has 3 aromatic rings. The summed E-state index contributed by atoms with van der Waals surface area (Å²) in [5.74, 6) is 1.26. The van der Waals surface area contributed by atoms with Crippen LogP contribution in [0.5, 0.6) is 5.75 Å². The summed E-state index contributed by atoms with van der Waals surface area (Å²) in [6.45, 7) is 2.89. The van der Waals surface area contributed by atoms with Gasteiger partial charge in [0.05, 0.1) is 12.8 Å². The SMILES string of the molecule is COc1cccc(CN2CCCC(C(=O)c3cc4ccccc4[nH]3)CC2)c1. The maximum absolute atomic E-state index is 13.0. The van der Waals surface area contributed by atoms with Crippen molar-refractivity contribution in [1.82, 2.24) is 9.88 Å². The third-order valence-corrected chi connectivity index (χ3v) is 5.53. The van der Waals surface area contributed by atoms with Gasteiger partial charge in [0.15, 0.2) is 5.78 Å². The number of hydrogen-bond acceptors (Lipinski definition) is 3. The van der Waals surface area contributed by atoms with E-state index in [9.17, 15) is 4.79 Å². The van der Waals surface area contributed by atoms with Crippen LogP contribution in [0.25, 0.3) is 10.9 Å². The normalized spacial score (nSPS) is 18.3. The molecule has 2 aromatic carbocycles. The zero-order valence-corrected chi connectivity index (χ0v) is 15.8. The van der Waals surface area contributed by atoms with E-state index < -0.39 is 0 Å². The van der Waals surface area contributed by atoms with Crippen LogP contribution in [0.2, 0.25) is 0 Å². The fourth-order valence-electron chi connectivity index (χ4n) is 4.03. The molecule has 1 fully saturated rings. The number of Topliss-reactive ketones (excluding diaryl/α,β-unsaturated/α-hetero) is 1. The fraction of sp³-hybridized carbons (Fsp3) is 0.348. The summed E-state index contributed by atoms with van der Waals surface area (Å²) < 4.78 is 5.32. The Morgan fingerprint density at radius 3 is 2.85 bits per heavy atom. The molecule has 1 unspecified atom stereocenters. The van der Waals surface area contributed by atoms with Crippen molar-refractivity contribution in [2.45, 2.75) is 25.8 Å². The van der Waals surface area contributed by atoms with Gasteiger partial charge in [0.2, 0.25) is 0 Å². The van der Waals surface area contributed by atoms with Gasteiger partial charge < -0.3 is 9.72 Å². The average molecular weight is 362 g/mol. The maximum Gasteiger partial charge on any atom is 0.182 e. The summed E-state index contributed by atoms with van der Waals surface area (Å²) in [6.07, 6.45) is 2.93. The Labute approximate surface area is 160 Å². The second-order valence-corrected chi connectivity index (χ2v) is 7.39. The highest BCUT2D eigenvalue weighted by Crippen LogP contribution is 2.25. The summed E-state index contributed by atoms with van der Waals surface area (Å²) in [7, 11) is 1.70. The minimum atomic E-state index is 0.105. The number of benzene rings is 2. The number of hydrogen-bond donors (Lipinski definition) is 1. The van der Waals surface area contributed by atoms with Crippen molar-refractivity contribution < 1.29 is 9.53 Å². The molecule has 0 bridgehead atoms. The minimum absolute atomic E-state index is 0.105. The Kier molecular flexibility index (Phi) is 5.26. The first-order chi connectivity index (χ1) is 13.2. The maximum atomic E-state index is 13.0. The Balaban J connectivity index is 1.41. The number of aromatic nitrogens is 1. The van der Waals surface area contributed by atoms with E-state index in [0.29, 0.717) is 0 Å². The van der Waals surface area contributed by atoms with Crippen molar-refractivity contribution >= 4 is 16.7 Å². The van der Waals surface area contributed by atoms with E-state index in [2.05, 4.69) is 22.0 Å². The largest absolute Gasteiger partial charge is 0.497 e. The molecule has 1 aliphatic rings. The molecule has 4 rings (SSSR count). The van der Waals surface area contributed by atoms with E-state index in [0.717, 1.165) is 61.2 Å². The number of ether oxygens (including phenoxy) is 1. The van der Waals surface area contributed by atoms with Gasteiger partial charge in [-0.05, 0) is 62.2 Å². The number of nitrogens with zero attached hydrogens (tertiary/aromatic N) is 1. The molecule has 0 radical (unpaired) electrons. The van der Waals surface area contributed by atoms with Crippen molar-refractivity contribution in [3.8, 4) is 5.75 Å². The average Bonchev–Trinajstić information content (AvgIpc) is 3.01. The van der Waals surface area contributed by atoms with Crippen LogP contribution in [0.1, 0.15) is 35.3 Å². The molecule has 140 valence electrons. The number of methoxy groups -OCH3 is 1. The van der Waals surface area contributed by atoms with Crippen molar-refractivity contribution in [3.05, 3.63) is 65.9 Å².